The summed E-state index contributed by atoms with van der Waals surface area (Å²) in [5.41, 5.74) is 2.53. The lowest BCUT2D eigenvalue weighted by Gasteiger charge is -2.19. The van der Waals surface area contributed by atoms with Gasteiger partial charge in [0.1, 0.15) is 0 Å². The molecular weight excluding hydrogens is 338 g/mol. The van der Waals surface area contributed by atoms with Crippen molar-refractivity contribution in [1.29, 1.82) is 0 Å². The number of halogens is 1. The molecule has 0 fully saturated rings. The van der Waals surface area contributed by atoms with E-state index in [-0.39, 0.29) is 24.0 Å². The number of nitrogens with one attached hydrogen (secondary N) is 3. The summed E-state index contributed by atoms with van der Waals surface area (Å²) in [6, 6.07) is 14.1. The monoisotopic (exact) mass is 359 g/mol. The second-order valence-electron chi connectivity index (χ2n) is 5.92. The topological polar surface area (TPSA) is 70.2 Å². The zero-order valence-electron chi connectivity index (χ0n) is 14.5. The Bertz CT molecular complexity index is 764. The third-order valence-electron chi connectivity index (χ3n) is 3.75. The van der Waals surface area contributed by atoms with Crippen LogP contribution in [0.2, 0.25) is 5.02 Å². The van der Waals surface area contributed by atoms with Crippen molar-refractivity contribution < 1.29 is 9.59 Å². The molecule has 0 saturated heterocycles. The number of benzene rings is 2. The molecule has 0 aliphatic carbocycles. The lowest BCUT2D eigenvalue weighted by atomic mass is 10.1. The molecule has 3 amide bonds. The number of carbonyl (C=O) groups is 2. The highest BCUT2D eigenvalue weighted by Crippen LogP contribution is 2.19. The van der Waals surface area contributed by atoms with Gasteiger partial charge >= 0.3 is 6.03 Å². The van der Waals surface area contributed by atoms with Crippen LogP contribution in [0.15, 0.2) is 48.5 Å². The molecule has 0 saturated carbocycles. The van der Waals surface area contributed by atoms with E-state index in [1.165, 1.54) is 6.92 Å². The first-order valence-corrected chi connectivity index (χ1v) is 8.43. The van der Waals surface area contributed by atoms with Crippen LogP contribution in [0.1, 0.15) is 44.0 Å². The van der Waals surface area contributed by atoms with Crippen molar-refractivity contribution in [3.05, 3.63) is 64.7 Å². The van der Waals surface area contributed by atoms with Crippen molar-refractivity contribution in [2.24, 2.45) is 0 Å². The van der Waals surface area contributed by atoms with E-state index in [9.17, 15) is 9.59 Å². The fourth-order valence-electron chi connectivity index (χ4n) is 2.47. The summed E-state index contributed by atoms with van der Waals surface area (Å²) in [5.74, 6) is -0.133. The summed E-state index contributed by atoms with van der Waals surface area (Å²) >= 11 is 5.98. The van der Waals surface area contributed by atoms with Crippen LogP contribution >= 0.6 is 11.6 Å². The number of hydrogen-bond donors (Lipinski definition) is 3. The molecule has 0 bridgehead atoms. The molecule has 0 aliphatic rings. The van der Waals surface area contributed by atoms with Gasteiger partial charge in [0.25, 0.3) is 0 Å². The van der Waals surface area contributed by atoms with Gasteiger partial charge in [0.05, 0.1) is 12.1 Å². The Labute approximate surface area is 152 Å². The maximum absolute atomic E-state index is 12.2. The summed E-state index contributed by atoms with van der Waals surface area (Å²) in [6.07, 6.45) is 0. The van der Waals surface area contributed by atoms with Crippen molar-refractivity contribution in [1.82, 2.24) is 10.6 Å². The largest absolute Gasteiger partial charge is 0.332 e. The summed E-state index contributed by atoms with van der Waals surface area (Å²) < 4.78 is 0. The van der Waals surface area contributed by atoms with Gasteiger partial charge in [-0.25, -0.2) is 4.79 Å². The van der Waals surface area contributed by atoms with Gasteiger partial charge in [0.2, 0.25) is 5.91 Å². The predicted molar refractivity (Wildman–Crippen MR) is 101 cm³/mol. The second kappa shape index (κ2) is 8.53. The smallest absolute Gasteiger partial charge is 0.315 e. The Morgan fingerprint density at radius 1 is 0.920 bits per heavy atom. The van der Waals surface area contributed by atoms with Crippen LogP contribution in [0, 0.1) is 0 Å². The molecule has 2 unspecified atom stereocenters. The van der Waals surface area contributed by atoms with Gasteiger partial charge in [-0.3, -0.25) is 4.79 Å². The standard InChI is InChI=1S/C19H22ClN3O2/c1-12(15-6-4-8-17(20)10-15)21-19(25)22-13(2)16-7-5-9-18(11-16)23-14(3)24/h4-13H,1-3H3,(H,23,24)(H2,21,22,25). The molecule has 0 heterocycles. The lowest BCUT2D eigenvalue weighted by molar-refractivity contribution is -0.114. The van der Waals surface area contributed by atoms with Crippen molar-refractivity contribution in [3.63, 3.8) is 0 Å². The summed E-state index contributed by atoms with van der Waals surface area (Å²) in [5, 5.41) is 9.16. The average molecular weight is 360 g/mol. The van der Waals surface area contributed by atoms with E-state index in [1.54, 1.807) is 12.1 Å². The molecule has 5 nitrogen and oxygen atoms in total. The molecule has 2 aromatic rings. The third kappa shape index (κ3) is 5.80. The number of carbonyl (C=O) groups excluding carboxylic acids is 2. The van der Waals surface area contributed by atoms with E-state index < -0.39 is 0 Å². The van der Waals surface area contributed by atoms with Crippen molar-refractivity contribution in [2.75, 3.05) is 5.32 Å². The van der Waals surface area contributed by atoms with E-state index in [0.717, 1.165) is 11.1 Å². The van der Waals surface area contributed by atoms with Gasteiger partial charge < -0.3 is 16.0 Å². The fraction of sp³-hybridized carbons (Fsp3) is 0.263. The number of anilines is 1. The molecule has 0 aromatic heterocycles. The Kier molecular flexibility index (Phi) is 6.42. The molecule has 2 atom stereocenters. The van der Waals surface area contributed by atoms with Crippen molar-refractivity contribution in [3.8, 4) is 0 Å². The van der Waals surface area contributed by atoms with Gasteiger partial charge in [-0.2, -0.15) is 0 Å². The summed E-state index contributed by atoms with van der Waals surface area (Å²) in [7, 11) is 0. The minimum Gasteiger partial charge on any atom is -0.332 e. The minimum atomic E-state index is -0.273. The number of amides is 3. The number of rotatable bonds is 5. The highest BCUT2D eigenvalue weighted by atomic mass is 35.5. The van der Waals surface area contributed by atoms with E-state index in [2.05, 4.69) is 16.0 Å². The van der Waals surface area contributed by atoms with Crippen LogP contribution in [-0.4, -0.2) is 11.9 Å². The first-order valence-electron chi connectivity index (χ1n) is 8.05. The first-order chi connectivity index (χ1) is 11.8. The average Bonchev–Trinajstić information content (AvgIpc) is 2.54. The molecule has 6 heteroatoms. The molecule has 25 heavy (non-hydrogen) atoms. The number of urea groups is 1. The Morgan fingerprint density at radius 2 is 1.48 bits per heavy atom. The van der Waals surface area contributed by atoms with Gasteiger partial charge in [-0.05, 0) is 49.2 Å². The quantitative estimate of drug-likeness (QED) is 0.739. The highest BCUT2D eigenvalue weighted by Gasteiger charge is 2.13. The van der Waals surface area contributed by atoms with Crippen molar-refractivity contribution in [2.45, 2.75) is 32.9 Å². The molecule has 0 spiro atoms. The number of hydrogen-bond acceptors (Lipinski definition) is 2. The molecule has 2 rings (SSSR count). The maximum atomic E-state index is 12.2. The molecule has 3 N–H and O–H groups in total. The maximum Gasteiger partial charge on any atom is 0.315 e. The molecule has 2 aromatic carbocycles. The molecule has 132 valence electrons. The zero-order chi connectivity index (χ0) is 18.4. The van der Waals surface area contributed by atoms with E-state index in [4.69, 9.17) is 11.6 Å². The highest BCUT2D eigenvalue weighted by molar-refractivity contribution is 6.30. The van der Waals surface area contributed by atoms with Crippen LogP contribution in [0.4, 0.5) is 10.5 Å². The van der Waals surface area contributed by atoms with E-state index >= 15 is 0 Å². The Balaban J connectivity index is 1.96. The normalized spacial score (nSPS) is 12.8. The van der Waals surface area contributed by atoms with Crippen LogP contribution < -0.4 is 16.0 Å². The van der Waals surface area contributed by atoms with Gasteiger partial charge in [0, 0.05) is 17.6 Å². The first kappa shape index (κ1) is 18.8. The van der Waals surface area contributed by atoms with Gasteiger partial charge in [-0.1, -0.05) is 35.9 Å². The van der Waals surface area contributed by atoms with Crippen LogP contribution in [0.25, 0.3) is 0 Å². The molecule has 0 radical (unpaired) electrons. The Morgan fingerprint density at radius 3 is 2.04 bits per heavy atom. The fourth-order valence-corrected chi connectivity index (χ4v) is 2.67. The lowest BCUT2D eigenvalue weighted by Crippen LogP contribution is -2.38. The van der Waals surface area contributed by atoms with Crippen LogP contribution in [-0.2, 0) is 4.79 Å². The van der Waals surface area contributed by atoms with Gasteiger partial charge in [0.15, 0.2) is 0 Å². The molecule has 0 aliphatic heterocycles. The summed E-state index contributed by atoms with van der Waals surface area (Å²) in [4.78, 5) is 23.4. The minimum absolute atomic E-state index is 0.133. The zero-order valence-corrected chi connectivity index (χ0v) is 15.2. The third-order valence-corrected chi connectivity index (χ3v) is 3.99. The predicted octanol–water partition coefficient (Wildman–Crippen LogP) is 4.42. The van der Waals surface area contributed by atoms with Gasteiger partial charge in [-0.15, -0.1) is 0 Å². The van der Waals surface area contributed by atoms with Crippen LogP contribution in [0.5, 0.6) is 0 Å². The van der Waals surface area contributed by atoms with Crippen LogP contribution in [0.3, 0.4) is 0 Å². The van der Waals surface area contributed by atoms with E-state index in [1.807, 2.05) is 50.2 Å². The van der Waals surface area contributed by atoms with E-state index in [0.29, 0.717) is 10.7 Å². The molecular formula is C19H22ClN3O2. The Hall–Kier alpha value is -2.53. The van der Waals surface area contributed by atoms with Crippen molar-refractivity contribution >= 4 is 29.2 Å². The second-order valence-corrected chi connectivity index (χ2v) is 6.36. The summed E-state index contributed by atoms with van der Waals surface area (Å²) in [6.45, 7) is 5.24. The SMILES string of the molecule is CC(=O)Nc1cccc(C(C)NC(=O)NC(C)c2cccc(Cl)c2)c1.